The first kappa shape index (κ1) is 15.4. The van der Waals surface area contributed by atoms with Crippen molar-refractivity contribution in [3.05, 3.63) is 32.2 Å². The van der Waals surface area contributed by atoms with Crippen molar-refractivity contribution >= 4 is 34.7 Å². The SMILES string of the molecule is Cc1nc(CNC(=O)NC(C)c2nccs2)sc1C(=O)O. The number of hydrogen-bond donors (Lipinski definition) is 3. The lowest BCUT2D eigenvalue weighted by atomic mass is 10.4. The maximum absolute atomic E-state index is 11.8. The first-order valence-electron chi connectivity index (χ1n) is 6.10. The van der Waals surface area contributed by atoms with Crippen LogP contribution in [0.1, 0.15) is 38.3 Å². The van der Waals surface area contributed by atoms with Crippen molar-refractivity contribution in [1.82, 2.24) is 20.6 Å². The molecule has 0 aliphatic rings. The third kappa shape index (κ3) is 3.99. The molecule has 0 bridgehead atoms. The largest absolute Gasteiger partial charge is 0.477 e. The lowest BCUT2D eigenvalue weighted by molar-refractivity contribution is 0.0701. The Morgan fingerprint density at radius 3 is 2.81 bits per heavy atom. The average Bonchev–Trinajstić information content (AvgIpc) is 3.05. The van der Waals surface area contributed by atoms with Crippen molar-refractivity contribution < 1.29 is 14.7 Å². The third-order valence-corrected chi connectivity index (χ3v) is 4.71. The van der Waals surface area contributed by atoms with Gasteiger partial charge in [-0.15, -0.1) is 22.7 Å². The number of urea groups is 1. The monoisotopic (exact) mass is 326 g/mol. The molecule has 2 amide bonds. The summed E-state index contributed by atoms with van der Waals surface area (Å²) in [6.45, 7) is 3.66. The van der Waals surface area contributed by atoms with Crippen LogP contribution in [-0.2, 0) is 6.54 Å². The van der Waals surface area contributed by atoms with Gasteiger partial charge in [0.05, 0.1) is 18.3 Å². The summed E-state index contributed by atoms with van der Waals surface area (Å²) in [5.74, 6) is -1.00. The van der Waals surface area contributed by atoms with E-state index in [0.717, 1.165) is 16.3 Å². The molecule has 2 rings (SSSR count). The van der Waals surface area contributed by atoms with Crippen LogP contribution >= 0.6 is 22.7 Å². The number of aromatic nitrogens is 2. The summed E-state index contributed by atoms with van der Waals surface area (Å²) in [5, 5.41) is 17.6. The number of aromatic carboxylic acids is 1. The number of amides is 2. The molecule has 2 aromatic heterocycles. The summed E-state index contributed by atoms with van der Waals surface area (Å²) in [6, 6.07) is -0.528. The molecule has 0 aromatic carbocycles. The molecule has 0 saturated heterocycles. The van der Waals surface area contributed by atoms with Crippen LogP contribution in [0.3, 0.4) is 0 Å². The Morgan fingerprint density at radius 1 is 1.48 bits per heavy atom. The highest BCUT2D eigenvalue weighted by atomic mass is 32.1. The molecule has 3 N–H and O–H groups in total. The maximum atomic E-state index is 11.8. The zero-order chi connectivity index (χ0) is 15.4. The minimum Gasteiger partial charge on any atom is -0.477 e. The van der Waals surface area contributed by atoms with Crippen LogP contribution in [0.25, 0.3) is 0 Å². The maximum Gasteiger partial charge on any atom is 0.347 e. The lowest BCUT2D eigenvalue weighted by Gasteiger charge is -2.11. The Hall–Kier alpha value is -2.00. The molecular formula is C12H14N4O3S2. The summed E-state index contributed by atoms with van der Waals surface area (Å²) in [5.41, 5.74) is 0.459. The number of carboxylic acid groups (broad SMARTS) is 1. The van der Waals surface area contributed by atoms with Crippen molar-refractivity contribution in [2.75, 3.05) is 0 Å². The van der Waals surface area contributed by atoms with E-state index < -0.39 is 5.97 Å². The second-order valence-electron chi connectivity index (χ2n) is 4.25. The van der Waals surface area contributed by atoms with Crippen LogP contribution < -0.4 is 10.6 Å². The summed E-state index contributed by atoms with van der Waals surface area (Å²) >= 11 is 2.53. The summed E-state index contributed by atoms with van der Waals surface area (Å²) in [4.78, 5) is 31.1. The molecule has 0 aliphatic heterocycles. The molecule has 1 unspecified atom stereocenters. The minimum atomic E-state index is -1.00. The first-order valence-corrected chi connectivity index (χ1v) is 7.80. The molecule has 21 heavy (non-hydrogen) atoms. The van der Waals surface area contributed by atoms with Crippen molar-refractivity contribution in [1.29, 1.82) is 0 Å². The highest BCUT2D eigenvalue weighted by molar-refractivity contribution is 7.13. The van der Waals surface area contributed by atoms with Gasteiger partial charge in [0.25, 0.3) is 0 Å². The standard InChI is InChI=1S/C12H14N4O3S2/c1-6-9(11(17)18)21-8(15-6)5-14-12(19)16-7(2)10-13-3-4-20-10/h3-4,7H,5H2,1-2H3,(H,17,18)(H2,14,16,19). The van der Waals surface area contributed by atoms with Crippen molar-refractivity contribution in [2.24, 2.45) is 0 Å². The number of nitrogens with zero attached hydrogens (tertiary/aromatic N) is 2. The Bertz CT molecular complexity index is 639. The molecule has 0 fully saturated rings. The fourth-order valence-electron chi connectivity index (χ4n) is 1.64. The summed E-state index contributed by atoms with van der Waals surface area (Å²) in [6.07, 6.45) is 1.68. The zero-order valence-corrected chi connectivity index (χ0v) is 13.0. The van der Waals surface area contributed by atoms with E-state index in [2.05, 4.69) is 20.6 Å². The van der Waals surface area contributed by atoms with E-state index in [-0.39, 0.29) is 23.5 Å². The Kier molecular flexibility index (Phi) is 4.86. The van der Waals surface area contributed by atoms with Gasteiger partial charge in [0.2, 0.25) is 0 Å². The van der Waals surface area contributed by atoms with E-state index in [0.29, 0.717) is 10.7 Å². The normalized spacial score (nSPS) is 11.9. The second-order valence-corrected chi connectivity index (χ2v) is 6.26. The fourth-order valence-corrected chi connectivity index (χ4v) is 3.13. The number of hydrogen-bond acceptors (Lipinski definition) is 6. The Labute approximate surface area is 129 Å². The van der Waals surface area contributed by atoms with E-state index in [1.807, 2.05) is 12.3 Å². The predicted molar refractivity (Wildman–Crippen MR) is 79.7 cm³/mol. The van der Waals surface area contributed by atoms with Crippen LogP contribution in [0.15, 0.2) is 11.6 Å². The molecule has 2 aromatic rings. The van der Waals surface area contributed by atoms with E-state index in [1.54, 1.807) is 13.1 Å². The third-order valence-electron chi connectivity index (χ3n) is 2.60. The summed E-state index contributed by atoms with van der Waals surface area (Å²) < 4.78 is 0. The van der Waals surface area contributed by atoms with Crippen LogP contribution in [0.2, 0.25) is 0 Å². The van der Waals surface area contributed by atoms with E-state index in [1.165, 1.54) is 11.3 Å². The molecule has 9 heteroatoms. The molecule has 0 spiro atoms. The highest BCUT2D eigenvalue weighted by Crippen LogP contribution is 2.18. The number of nitrogens with one attached hydrogen (secondary N) is 2. The number of carbonyl (C=O) groups excluding carboxylic acids is 1. The van der Waals surface area contributed by atoms with E-state index in [4.69, 9.17) is 5.11 Å². The molecule has 0 aliphatic carbocycles. The molecule has 1 atom stereocenters. The predicted octanol–water partition coefficient (Wildman–Crippen LogP) is 2.17. The van der Waals surface area contributed by atoms with Gasteiger partial charge in [-0.1, -0.05) is 0 Å². The van der Waals surface area contributed by atoms with Gasteiger partial charge in [-0.25, -0.2) is 19.6 Å². The van der Waals surface area contributed by atoms with Gasteiger partial charge in [0.1, 0.15) is 14.9 Å². The number of thiazole rings is 2. The van der Waals surface area contributed by atoms with Crippen LogP contribution in [0, 0.1) is 6.92 Å². The van der Waals surface area contributed by atoms with Gasteiger partial charge in [-0.3, -0.25) is 0 Å². The zero-order valence-electron chi connectivity index (χ0n) is 11.4. The Morgan fingerprint density at radius 2 is 2.24 bits per heavy atom. The van der Waals surface area contributed by atoms with Crippen molar-refractivity contribution in [3.63, 3.8) is 0 Å². The second kappa shape index (κ2) is 6.64. The molecule has 0 radical (unpaired) electrons. The van der Waals surface area contributed by atoms with E-state index >= 15 is 0 Å². The molecule has 0 saturated carbocycles. The average molecular weight is 326 g/mol. The topological polar surface area (TPSA) is 104 Å². The number of carbonyl (C=O) groups is 2. The van der Waals surface area contributed by atoms with Gasteiger partial charge >= 0.3 is 12.0 Å². The minimum absolute atomic E-state index is 0.183. The molecule has 112 valence electrons. The van der Waals surface area contributed by atoms with Gasteiger partial charge < -0.3 is 15.7 Å². The fraction of sp³-hybridized carbons (Fsp3) is 0.333. The van der Waals surface area contributed by atoms with Crippen molar-refractivity contribution in [2.45, 2.75) is 26.4 Å². The van der Waals surface area contributed by atoms with Gasteiger partial charge in [0, 0.05) is 11.6 Å². The van der Waals surface area contributed by atoms with E-state index in [9.17, 15) is 9.59 Å². The number of carboxylic acids is 1. The molecule has 2 heterocycles. The first-order chi connectivity index (χ1) is 9.97. The van der Waals surface area contributed by atoms with Gasteiger partial charge in [-0.2, -0.15) is 0 Å². The summed E-state index contributed by atoms with van der Waals surface area (Å²) in [7, 11) is 0. The lowest BCUT2D eigenvalue weighted by Crippen LogP contribution is -2.36. The van der Waals surface area contributed by atoms with Crippen LogP contribution in [-0.4, -0.2) is 27.1 Å². The van der Waals surface area contributed by atoms with Gasteiger partial charge in [0.15, 0.2) is 0 Å². The highest BCUT2D eigenvalue weighted by Gasteiger charge is 2.15. The number of aryl methyl sites for hydroxylation is 1. The molecular weight excluding hydrogens is 312 g/mol. The van der Waals surface area contributed by atoms with Crippen LogP contribution in [0.4, 0.5) is 4.79 Å². The van der Waals surface area contributed by atoms with Crippen molar-refractivity contribution in [3.8, 4) is 0 Å². The number of rotatable bonds is 5. The van der Waals surface area contributed by atoms with Crippen LogP contribution in [0.5, 0.6) is 0 Å². The van der Waals surface area contributed by atoms with Gasteiger partial charge in [-0.05, 0) is 13.8 Å². The smallest absolute Gasteiger partial charge is 0.347 e. The molecule has 7 nitrogen and oxygen atoms in total. The quantitative estimate of drug-likeness (QED) is 0.781. The Balaban J connectivity index is 1.86.